The zero-order chi connectivity index (χ0) is 17.1. The zero-order valence-corrected chi connectivity index (χ0v) is 15.0. The van der Waals surface area contributed by atoms with Gasteiger partial charge in [0.2, 0.25) is 5.78 Å². The van der Waals surface area contributed by atoms with Gasteiger partial charge in [0.1, 0.15) is 16.3 Å². The number of carbonyl (C=O) groups is 1. The lowest BCUT2D eigenvalue weighted by Gasteiger charge is -2.11. The molecule has 0 radical (unpaired) electrons. The Morgan fingerprint density at radius 2 is 2.00 bits per heavy atom. The summed E-state index contributed by atoms with van der Waals surface area (Å²) in [5.41, 5.74) is 0.586. The van der Waals surface area contributed by atoms with Crippen LogP contribution in [-0.4, -0.2) is 42.9 Å². The van der Waals surface area contributed by atoms with Crippen LogP contribution in [0.1, 0.15) is 15.2 Å². The van der Waals surface area contributed by atoms with Gasteiger partial charge in [0.05, 0.1) is 5.39 Å². The van der Waals surface area contributed by atoms with E-state index in [4.69, 9.17) is 16.3 Å². The number of ketones is 1. The maximum atomic E-state index is 12.9. The molecule has 4 nitrogen and oxygen atoms in total. The minimum Gasteiger partial charge on any atom is -0.490 e. The molecule has 2 aromatic heterocycles. The maximum absolute atomic E-state index is 12.9. The molecule has 0 fully saturated rings. The lowest BCUT2D eigenvalue weighted by molar-refractivity contribution is 0.103. The Bertz CT molecular complexity index is 859. The van der Waals surface area contributed by atoms with Gasteiger partial charge in [-0.15, -0.1) is 11.3 Å². The molecule has 24 heavy (non-hydrogen) atoms. The molecule has 2 heterocycles. The predicted molar refractivity (Wildman–Crippen MR) is 98.6 cm³/mol. The SMILES string of the molecule is CN(C)CCOc1c(C(=O)c2ccc(Cl)cc2)sc2ncccc12. The van der Waals surface area contributed by atoms with Gasteiger partial charge < -0.3 is 9.64 Å². The first-order chi connectivity index (χ1) is 11.6. The van der Waals surface area contributed by atoms with Crippen molar-refractivity contribution in [3.8, 4) is 5.75 Å². The lowest BCUT2D eigenvalue weighted by atomic mass is 10.1. The van der Waals surface area contributed by atoms with Crippen molar-refractivity contribution in [3.05, 3.63) is 58.1 Å². The van der Waals surface area contributed by atoms with E-state index in [1.165, 1.54) is 11.3 Å². The van der Waals surface area contributed by atoms with Gasteiger partial charge in [0.15, 0.2) is 5.75 Å². The third-order valence-electron chi connectivity index (χ3n) is 3.52. The number of benzene rings is 1. The molecule has 3 rings (SSSR count). The summed E-state index contributed by atoms with van der Waals surface area (Å²) < 4.78 is 5.95. The number of aromatic nitrogens is 1. The second-order valence-corrected chi connectivity index (χ2v) is 7.04. The number of likely N-dealkylation sites (N-methyl/N-ethyl adjacent to an activating group) is 1. The highest BCUT2D eigenvalue weighted by atomic mass is 35.5. The first kappa shape index (κ1) is 16.9. The van der Waals surface area contributed by atoms with E-state index >= 15 is 0 Å². The number of hydrogen-bond donors (Lipinski definition) is 0. The molecule has 0 saturated carbocycles. The van der Waals surface area contributed by atoms with Crippen molar-refractivity contribution in [2.24, 2.45) is 0 Å². The zero-order valence-electron chi connectivity index (χ0n) is 13.5. The van der Waals surface area contributed by atoms with Gasteiger partial charge in [0.25, 0.3) is 0 Å². The largest absolute Gasteiger partial charge is 0.490 e. The quantitative estimate of drug-likeness (QED) is 0.620. The number of ether oxygens (including phenoxy) is 1. The summed E-state index contributed by atoms with van der Waals surface area (Å²) >= 11 is 7.27. The van der Waals surface area contributed by atoms with Gasteiger partial charge in [-0.2, -0.15) is 0 Å². The molecule has 0 aliphatic carbocycles. The monoisotopic (exact) mass is 360 g/mol. The van der Waals surface area contributed by atoms with Gasteiger partial charge in [-0.1, -0.05) is 11.6 Å². The molecule has 0 aliphatic rings. The second-order valence-electron chi connectivity index (χ2n) is 5.60. The fraction of sp³-hybridized carbons (Fsp3) is 0.222. The number of pyridine rings is 1. The van der Waals surface area contributed by atoms with Crippen LogP contribution in [0.5, 0.6) is 5.75 Å². The van der Waals surface area contributed by atoms with Crippen LogP contribution < -0.4 is 4.74 Å². The number of fused-ring (bicyclic) bond motifs is 1. The highest BCUT2D eigenvalue weighted by Crippen LogP contribution is 2.38. The summed E-state index contributed by atoms with van der Waals surface area (Å²) in [6.07, 6.45) is 1.72. The molecule has 3 aromatic rings. The molecule has 0 atom stereocenters. The molecule has 1 aromatic carbocycles. The fourth-order valence-corrected chi connectivity index (χ4v) is 3.44. The van der Waals surface area contributed by atoms with Crippen molar-refractivity contribution in [1.82, 2.24) is 9.88 Å². The molecule has 0 aliphatic heterocycles. The van der Waals surface area contributed by atoms with Crippen LogP contribution in [0.15, 0.2) is 42.6 Å². The Morgan fingerprint density at radius 1 is 1.25 bits per heavy atom. The van der Waals surface area contributed by atoms with Gasteiger partial charge in [-0.3, -0.25) is 4.79 Å². The second kappa shape index (κ2) is 7.30. The van der Waals surface area contributed by atoms with Crippen molar-refractivity contribution >= 4 is 38.9 Å². The number of rotatable bonds is 6. The van der Waals surface area contributed by atoms with Crippen LogP contribution in [0.3, 0.4) is 0 Å². The van der Waals surface area contributed by atoms with Gasteiger partial charge >= 0.3 is 0 Å². The van der Waals surface area contributed by atoms with Crippen molar-refractivity contribution in [3.63, 3.8) is 0 Å². The highest BCUT2D eigenvalue weighted by molar-refractivity contribution is 7.21. The van der Waals surface area contributed by atoms with E-state index in [-0.39, 0.29) is 5.78 Å². The summed E-state index contributed by atoms with van der Waals surface area (Å²) in [5.74, 6) is 0.541. The number of hydrogen-bond acceptors (Lipinski definition) is 5. The van der Waals surface area contributed by atoms with Crippen LogP contribution >= 0.6 is 22.9 Å². The standard InChI is InChI=1S/C18H17ClN2O2S/c1-21(2)10-11-23-16-14-4-3-9-20-18(14)24-17(16)15(22)12-5-7-13(19)8-6-12/h3-9H,10-11H2,1-2H3. The van der Waals surface area contributed by atoms with E-state index < -0.39 is 0 Å². The van der Waals surface area contributed by atoms with E-state index in [2.05, 4.69) is 4.98 Å². The van der Waals surface area contributed by atoms with Crippen LogP contribution in [0.25, 0.3) is 10.2 Å². The predicted octanol–water partition coefficient (Wildman–Crippen LogP) is 4.12. The molecule has 0 saturated heterocycles. The average molecular weight is 361 g/mol. The number of thiophene rings is 1. The third kappa shape index (κ3) is 3.59. The smallest absolute Gasteiger partial charge is 0.206 e. The molecule has 0 spiro atoms. The molecule has 0 amide bonds. The van der Waals surface area contributed by atoms with Crippen LogP contribution in [0.2, 0.25) is 5.02 Å². The Labute approximate surface area is 149 Å². The van der Waals surface area contributed by atoms with Crippen molar-refractivity contribution in [2.45, 2.75) is 0 Å². The first-order valence-electron chi connectivity index (χ1n) is 7.51. The van der Waals surface area contributed by atoms with Crippen LogP contribution in [0.4, 0.5) is 0 Å². The topological polar surface area (TPSA) is 42.4 Å². The van der Waals surface area contributed by atoms with E-state index in [0.717, 1.165) is 16.8 Å². The number of carbonyl (C=O) groups excluding carboxylic acids is 1. The van der Waals surface area contributed by atoms with Crippen LogP contribution in [-0.2, 0) is 0 Å². The summed E-state index contributed by atoms with van der Waals surface area (Å²) in [6, 6.07) is 10.7. The lowest BCUT2D eigenvalue weighted by Crippen LogP contribution is -2.19. The molecule has 0 bridgehead atoms. The summed E-state index contributed by atoms with van der Waals surface area (Å²) in [6.45, 7) is 1.28. The molecular weight excluding hydrogens is 344 g/mol. The molecular formula is C18H17ClN2O2S. The first-order valence-corrected chi connectivity index (χ1v) is 8.71. The normalized spacial score (nSPS) is 11.2. The van der Waals surface area contributed by atoms with Crippen LogP contribution in [0, 0.1) is 0 Å². The minimum absolute atomic E-state index is 0.0745. The van der Waals surface area contributed by atoms with Crippen molar-refractivity contribution < 1.29 is 9.53 Å². The highest BCUT2D eigenvalue weighted by Gasteiger charge is 2.21. The Kier molecular flexibility index (Phi) is 5.14. The third-order valence-corrected chi connectivity index (χ3v) is 4.86. The van der Waals surface area contributed by atoms with Gasteiger partial charge in [-0.05, 0) is 50.5 Å². The van der Waals surface area contributed by atoms with E-state index in [0.29, 0.717) is 27.8 Å². The molecule has 124 valence electrons. The van der Waals surface area contributed by atoms with Gasteiger partial charge in [0, 0.05) is 23.3 Å². The Balaban J connectivity index is 1.99. The van der Waals surface area contributed by atoms with E-state index in [1.54, 1.807) is 30.5 Å². The minimum atomic E-state index is -0.0745. The number of nitrogens with zero attached hydrogens (tertiary/aromatic N) is 2. The molecule has 0 unspecified atom stereocenters. The van der Waals surface area contributed by atoms with Crippen molar-refractivity contribution in [2.75, 3.05) is 27.2 Å². The summed E-state index contributed by atoms with van der Waals surface area (Å²) in [4.78, 5) is 20.7. The van der Waals surface area contributed by atoms with Crippen molar-refractivity contribution in [1.29, 1.82) is 0 Å². The van der Waals surface area contributed by atoms with E-state index in [9.17, 15) is 4.79 Å². The Hall–Kier alpha value is -1.95. The van der Waals surface area contributed by atoms with E-state index in [1.807, 2.05) is 31.1 Å². The molecule has 6 heteroatoms. The maximum Gasteiger partial charge on any atom is 0.206 e. The summed E-state index contributed by atoms with van der Waals surface area (Å²) in [5, 5.41) is 1.48. The Morgan fingerprint density at radius 3 is 2.71 bits per heavy atom. The molecule has 0 N–H and O–H groups in total. The summed E-state index contributed by atoms with van der Waals surface area (Å²) in [7, 11) is 3.97. The number of halogens is 1. The average Bonchev–Trinajstić information content (AvgIpc) is 2.93. The fourth-order valence-electron chi connectivity index (χ4n) is 2.27. The van der Waals surface area contributed by atoms with Gasteiger partial charge in [-0.25, -0.2) is 4.98 Å².